The monoisotopic (exact) mass is 389 g/mol. The maximum atomic E-state index is 12.4. The van der Waals surface area contributed by atoms with E-state index in [1.54, 1.807) is 7.11 Å². The van der Waals surface area contributed by atoms with Crippen LogP contribution >= 0.6 is 23.1 Å². The van der Waals surface area contributed by atoms with E-state index in [4.69, 9.17) is 4.74 Å². The number of rotatable bonds is 6. The number of anilines is 1. The molecule has 2 heterocycles. The second-order valence-electron chi connectivity index (χ2n) is 5.58. The molecule has 0 unspecified atom stereocenters. The van der Waals surface area contributed by atoms with Crippen molar-refractivity contribution in [2.75, 3.05) is 12.4 Å². The first-order chi connectivity index (χ1) is 12.5. The van der Waals surface area contributed by atoms with Gasteiger partial charge in [0.15, 0.2) is 11.0 Å². The van der Waals surface area contributed by atoms with E-state index in [0.29, 0.717) is 21.9 Å². The lowest BCUT2D eigenvalue weighted by Gasteiger charge is -2.07. The molecule has 0 saturated heterocycles. The standard InChI is InChI=1S/C17H19N5O2S2/c1-9-10(2)25-16(18-9)20-15(23)11(3)26-17-19-14(21-22-17)12-7-5-6-8-13(12)24-4/h5-8,11H,1-4H3,(H,18,20,23)(H,19,21,22)/t11-/m0/s1. The molecule has 3 aromatic rings. The molecule has 26 heavy (non-hydrogen) atoms. The average Bonchev–Trinajstić information content (AvgIpc) is 3.21. The van der Waals surface area contributed by atoms with Crippen LogP contribution in [-0.2, 0) is 4.79 Å². The number of benzene rings is 1. The number of aromatic amines is 1. The number of nitrogens with zero attached hydrogens (tertiary/aromatic N) is 3. The number of para-hydroxylation sites is 1. The Morgan fingerprint density at radius 3 is 2.77 bits per heavy atom. The number of carbonyl (C=O) groups is 1. The molecule has 0 radical (unpaired) electrons. The molecule has 0 spiro atoms. The first-order valence-electron chi connectivity index (χ1n) is 7.95. The van der Waals surface area contributed by atoms with Crippen LogP contribution in [0.25, 0.3) is 11.4 Å². The summed E-state index contributed by atoms with van der Waals surface area (Å²) >= 11 is 2.75. The summed E-state index contributed by atoms with van der Waals surface area (Å²) in [7, 11) is 1.61. The maximum absolute atomic E-state index is 12.4. The van der Waals surface area contributed by atoms with Gasteiger partial charge in [-0.1, -0.05) is 23.9 Å². The van der Waals surface area contributed by atoms with Crippen molar-refractivity contribution < 1.29 is 9.53 Å². The number of hydrogen-bond acceptors (Lipinski definition) is 7. The molecule has 9 heteroatoms. The third-order valence-corrected chi connectivity index (χ3v) is 5.69. The molecular weight excluding hydrogens is 370 g/mol. The van der Waals surface area contributed by atoms with Gasteiger partial charge in [-0.15, -0.1) is 16.4 Å². The maximum Gasteiger partial charge on any atom is 0.239 e. The Morgan fingerprint density at radius 1 is 1.31 bits per heavy atom. The van der Waals surface area contributed by atoms with Crippen LogP contribution in [0.15, 0.2) is 29.4 Å². The van der Waals surface area contributed by atoms with Crippen molar-refractivity contribution >= 4 is 34.1 Å². The molecule has 0 aliphatic heterocycles. The molecule has 2 aromatic heterocycles. The van der Waals surface area contributed by atoms with E-state index in [1.165, 1.54) is 23.1 Å². The number of hydrogen-bond donors (Lipinski definition) is 2. The van der Waals surface area contributed by atoms with Gasteiger partial charge >= 0.3 is 0 Å². The molecule has 2 N–H and O–H groups in total. The topological polar surface area (TPSA) is 92.8 Å². The van der Waals surface area contributed by atoms with Crippen molar-refractivity contribution in [3.05, 3.63) is 34.8 Å². The van der Waals surface area contributed by atoms with Gasteiger partial charge in [0.05, 0.1) is 23.6 Å². The van der Waals surface area contributed by atoms with Crippen molar-refractivity contribution in [3.8, 4) is 17.1 Å². The van der Waals surface area contributed by atoms with Crippen LogP contribution in [0.5, 0.6) is 5.75 Å². The number of amides is 1. The van der Waals surface area contributed by atoms with Crippen LogP contribution in [0, 0.1) is 13.8 Å². The summed E-state index contributed by atoms with van der Waals surface area (Å²) in [5.41, 5.74) is 1.75. The smallest absolute Gasteiger partial charge is 0.239 e. The Labute approximate surface area is 159 Å². The molecule has 0 fully saturated rings. The summed E-state index contributed by atoms with van der Waals surface area (Å²) in [5.74, 6) is 1.18. The summed E-state index contributed by atoms with van der Waals surface area (Å²) in [6.45, 7) is 5.72. The Balaban J connectivity index is 1.67. The van der Waals surface area contributed by atoms with Crippen LogP contribution < -0.4 is 10.1 Å². The quantitative estimate of drug-likeness (QED) is 0.625. The van der Waals surface area contributed by atoms with Crippen molar-refractivity contribution in [2.24, 2.45) is 0 Å². The number of methoxy groups -OCH3 is 1. The number of carbonyl (C=O) groups excluding carboxylic acids is 1. The van der Waals surface area contributed by atoms with Crippen LogP contribution in [0.1, 0.15) is 17.5 Å². The highest BCUT2D eigenvalue weighted by Gasteiger charge is 2.19. The zero-order valence-corrected chi connectivity index (χ0v) is 16.5. The van der Waals surface area contributed by atoms with Gasteiger partial charge in [-0.3, -0.25) is 9.89 Å². The summed E-state index contributed by atoms with van der Waals surface area (Å²) in [6.07, 6.45) is 0. The molecule has 0 aliphatic rings. The van der Waals surface area contributed by atoms with E-state index < -0.39 is 0 Å². The molecule has 136 valence electrons. The first kappa shape index (κ1) is 18.4. The highest BCUT2D eigenvalue weighted by Crippen LogP contribution is 2.29. The van der Waals surface area contributed by atoms with E-state index in [-0.39, 0.29) is 11.2 Å². The number of thiazole rings is 1. The molecule has 7 nitrogen and oxygen atoms in total. The van der Waals surface area contributed by atoms with Gasteiger partial charge in [-0.05, 0) is 32.9 Å². The summed E-state index contributed by atoms with van der Waals surface area (Å²) in [5, 5.41) is 10.7. The molecule has 1 aromatic carbocycles. The predicted octanol–water partition coefficient (Wildman–Crippen LogP) is 3.67. The first-order valence-corrected chi connectivity index (χ1v) is 9.65. The Bertz CT molecular complexity index is 902. The molecular formula is C17H19N5O2S2. The van der Waals surface area contributed by atoms with Crippen molar-refractivity contribution in [1.82, 2.24) is 20.2 Å². The lowest BCUT2D eigenvalue weighted by atomic mass is 10.2. The number of H-pyrrole nitrogens is 1. The van der Waals surface area contributed by atoms with E-state index >= 15 is 0 Å². The number of thioether (sulfide) groups is 1. The number of ether oxygens (including phenoxy) is 1. The largest absolute Gasteiger partial charge is 0.496 e. The predicted molar refractivity (Wildman–Crippen MR) is 104 cm³/mol. The van der Waals surface area contributed by atoms with E-state index in [1.807, 2.05) is 45.0 Å². The minimum Gasteiger partial charge on any atom is -0.496 e. The number of aryl methyl sites for hydroxylation is 2. The minimum absolute atomic E-state index is 0.132. The third kappa shape index (κ3) is 4.05. The van der Waals surface area contributed by atoms with Crippen molar-refractivity contribution in [2.45, 2.75) is 31.2 Å². The van der Waals surface area contributed by atoms with Crippen molar-refractivity contribution in [3.63, 3.8) is 0 Å². The fourth-order valence-electron chi connectivity index (χ4n) is 2.20. The molecule has 0 aliphatic carbocycles. The van der Waals surface area contributed by atoms with Crippen LogP contribution in [0.4, 0.5) is 5.13 Å². The Morgan fingerprint density at radius 2 is 2.08 bits per heavy atom. The van der Waals surface area contributed by atoms with Gasteiger partial charge in [0, 0.05) is 4.88 Å². The Hall–Kier alpha value is -2.39. The number of nitrogens with one attached hydrogen (secondary N) is 2. The summed E-state index contributed by atoms with van der Waals surface area (Å²) in [4.78, 5) is 22.2. The highest BCUT2D eigenvalue weighted by molar-refractivity contribution is 8.00. The highest BCUT2D eigenvalue weighted by atomic mass is 32.2. The lowest BCUT2D eigenvalue weighted by Crippen LogP contribution is -2.22. The van der Waals surface area contributed by atoms with Crippen LogP contribution in [0.2, 0.25) is 0 Å². The van der Waals surface area contributed by atoms with Crippen LogP contribution in [0.3, 0.4) is 0 Å². The van der Waals surface area contributed by atoms with E-state index in [0.717, 1.165) is 16.1 Å². The van der Waals surface area contributed by atoms with Crippen molar-refractivity contribution in [1.29, 1.82) is 0 Å². The summed E-state index contributed by atoms with van der Waals surface area (Å²) in [6, 6.07) is 7.56. The van der Waals surface area contributed by atoms with Gasteiger partial charge in [0.2, 0.25) is 11.1 Å². The third-order valence-electron chi connectivity index (χ3n) is 3.74. The minimum atomic E-state index is -0.360. The van der Waals surface area contributed by atoms with Crippen LogP contribution in [-0.4, -0.2) is 38.4 Å². The molecule has 1 atom stereocenters. The molecule has 0 bridgehead atoms. The lowest BCUT2D eigenvalue weighted by molar-refractivity contribution is -0.115. The fraction of sp³-hybridized carbons (Fsp3) is 0.294. The normalized spacial score (nSPS) is 12.0. The summed E-state index contributed by atoms with van der Waals surface area (Å²) < 4.78 is 5.34. The number of aromatic nitrogens is 4. The Kier molecular flexibility index (Phi) is 5.58. The van der Waals surface area contributed by atoms with Gasteiger partial charge < -0.3 is 10.1 Å². The SMILES string of the molecule is COc1ccccc1-c1nc(S[C@@H](C)C(=O)Nc2nc(C)c(C)s2)n[nH]1. The van der Waals surface area contributed by atoms with Gasteiger partial charge in [-0.2, -0.15) is 0 Å². The van der Waals surface area contributed by atoms with E-state index in [2.05, 4.69) is 25.5 Å². The molecule has 1 amide bonds. The second kappa shape index (κ2) is 7.88. The second-order valence-corrected chi connectivity index (χ2v) is 8.09. The van der Waals surface area contributed by atoms with Gasteiger partial charge in [0.1, 0.15) is 5.75 Å². The van der Waals surface area contributed by atoms with E-state index in [9.17, 15) is 4.79 Å². The van der Waals surface area contributed by atoms with Gasteiger partial charge in [-0.25, -0.2) is 9.97 Å². The van der Waals surface area contributed by atoms with Gasteiger partial charge in [0.25, 0.3) is 0 Å². The zero-order valence-electron chi connectivity index (χ0n) is 14.9. The molecule has 3 rings (SSSR count). The average molecular weight is 390 g/mol. The zero-order chi connectivity index (χ0) is 18.7. The fourth-order valence-corrected chi connectivity index (χ4v) is 3.75. The molecule has 0 saturated carbocycles.